The molecule has 4 aromatic rings. The fourth-order valence-corrected chi connectivity index (χ4v) is 6.27. The number of methoxy groups -OCH3 is 1. The van der Waals surface area contributed by atoms with Gasteiger partial charge in [0.1, 0.15) is 18.1 Å². The highest BCUT2D eigenvalue weighted by molar-refractivity contribution is 8.00. The SMILES string of the molecule is COc1ccc(-n2nc(-c3ccccc3)c3c2N(CC(=O)NC(C)C)C(=O)CS[C@@H]3c2ccc3c(c2)OCO3)cc1. The molecule has 210 valence electrons. The van der Waals surface area contributed by atoms with Gasteiger partial charge in [0, 0.05) is 17.2 Å². The molecule has 3 aromatic carbocycles. The molecule has 10 heteroatoms. The number of hydrogen-bond acceptors (Lipinski definition) is 7. The van der Waals surface area contributed by atoms with Crippen LogP contribution in [-0.2, 0) is 9.59 Å². The van der Waals surface area contributed by atoms with Crippen molar-refractivity contribution in [3.63, 3.8) is 0 Å². The van der Waals surface area contributed by atoms with Crippen molar-refractivity contribution in [1.82, 2.24) is 15.1 Å². The number of amides is 2. The highest BCUT2D eigenvalue weighted by Crippen LogP contribution is 2.50. The number of ether oxygens (including phenoxy) is 3. The Morgan fingerprint density at radius 3 is 2.56 bits per heavy atom. The molecule has 1 N–H and O–H groups in total. The summed E-state index contributed by atoms with van der Waals surface area (Å²) >= 11 is 1.51. The Kier molecular flexibility index (Phi) is 7.32. The molecule has 6 rings (SSSR count). The number of fused-ring (bicyclic) bond motifs is 2. The van der Waals surface area contributed by atoms with Crippen LogP contribution in [0.4, 0.5) is 5.82 Å². The van der Waals surface area contributed by atoms with Crippen LogP contribution in [0, 0.1) is 0 Å². The first kappa shape index (κ1) is 26.8. The molecule has 2 aliphatic rings. The summed E-state index contributed by atoms with van der Waals surface area (Å²) in [6.45, 7) is 3.83. The van der Waals surface area contributed by atoms with Gasteiger partial charge in [-0.05, 0) is 55.8 Å². The maximum Gasteiger partial charge on any atom is 0.240 e. The normalized spacial score (nSPS) is 16.0. The minimum absolute atomic E-state index is 0.0637. The second-order valence-electron chi connectivity index (χ2n) is 10.1. The second-order valence-corrected chi connectivity index (χ2v) is 11.2. The van der Waals surface area contributed by atoms with Crippen LogP contribution in [0.3, 0.4) is 0 Å². The van der Waals surface area contributed by atoms with Gasteiger partial charge in [-0.2, -0.15) is 5.10 Å². The quantitative estimate of drug-likeness (QED) is 0.335. The number of benzene rings is 3. The molecule has 1 aromatic heterocycles. The maximum absolute atomic E-state index is 13.8. The highest BCUT2D eigenvalue weighted by atomic mass is 32.2. The molecule has 0 saturated heterocycles. The van der Waals surface area contributed by atoms with Crippen molar-refractivity contribution < 1.29 is 23.8 Å². The van der Waals surface area contributed by atoms with E-state index in [-0.39, 0.29) is 42.2 Å². The van der Waals surface area contributed by atoms with Gasteiger partial charge in [0.2, 0.25) is 18.6 Å². The Bertz CT molecular complexity index is 1590. The summed E-state index contributed by atoms with van der Waals surface area (Å²) in [6, 6.07) is 23.2. The Balaban J connectivity index is 1.60. The van der Waals surface area contributed by atoms with Gasteiger partial charge in [-0.3, -0.25) is 14.5 Å². The van der Waals surface area contributed by atoms with E-state index in [1.807, 2.05) is 86.6 Å². The molecule has 0 unspecified atom stereocenters. The number of nitrogens with zero attached hydrogens (tertiary/aromatic N) is 3. The van der Waals surface area contributed by atoms with Crippen LogP contribution in [0.15, 0.2) is 72.8 Å². The van der Waals surface area contributed by atoms with Crippen molar-refractivity contribution in [3.05, 3.63) is 83.9 Å². The number of rotatable bonds is 7. The van der Waals surface area contributed by atoms with Gasteiger partial charge in [0.25, 0.3) is 0 Å². The molecule has 0 radical (unpaired) electrons. The predicted molar refractivity (Wildman–Crippen MR) is 158 cm³/mol. The van der Waals surface area contributed by atoms with Gasteiger partial charge < -0.3 is 19.5 Å². The lowest BCUT2D eigenvalue weighted by Gasteiger charge is -2.24. The largest absolute Gasteiger partial charge is 0.497 e. The molecule has 2 amide bonds. The average molecular weight is 571 g/mol. The number of aromatic nitrogens is 2. The summed E-state index contributed by atoms with van der Waals surface area (Å²) in [5.74, 6) is 2.38. The van der Waals surface area contributed by atoms with Gasteiger partial charge >= 0.3 is 0 Å². The monoisotopic (exact) mass is 570 g/mol. The number of nitrogens with one attached hydrogen (secondary N) is 1. The van der Waals surface area contributed by atoms with Crippen LogP contribution in [0.1, 0.15) is 30.2 Å². The third kappa shape index (κ3) is 5.22. The Morgan fingerprint density at radius 1 is 1.07 bits per heavy atom. The zero-order chi connectivity index (χ0) is 28.5. The van der Waals surface area contributed by atoms with Crippen molar-refractivity contribution in [2.75, 3.05) is 31.1 Å². The molecule has 0 saturated carbocycles. The summed E-state index contributed by atoms with van der Waals surface area (Å²) < 4.78 is 18.4. The summed E-state index contributed by atoms with van der Waals surface area (Å²) in [5, 5.41) is 7.77. The number of carbonyl (C=O) groups is 2. The lowest BCUT2D eigenvalue weighted by atomic mass is 9.99. The summed E-state index contributed by atoms with van der Waals surface area (Å²) in [5.41, 5.74) is 4.17. The molecule has 3 heterocycles. The van der Waals surface area contributed by atoms with E-state index in [2.05, 4.69) is 5.32 Å². The predicted octanol–water partition coefficient (Wildman–Crippen LogP) is 4.97. The first-order valence-electron chi connectivity index (χ1n) is 13.4. The Labute approximate surface area is 242 Å². The van der Waals surface area contributed by atoms with E-state index in [0.29, 0.717) is 23.1 Å². The Morgan fingerprint density at radius 2 is 1.83 bits per heavy atom. The van der Waals surface area contributed by atoms with Crippen molar-refractivity contribution in [2.24, 2.45) is 0 Å². The maximum atomic E-state index is 13.8. The van der Waals surface area contributed by atoms with Crippen molar-refractivity contribution in [3.8, 4) is 34.2 Å². The molecule has 0 fully saturated rings. The molecular weight excluding hydrogens is 540 g/mol. The number of carbonyl (C=O) groups excluding carboxylic acids is 2. The number of hydrogen-bond donors (Lipinski definition) is 1. The first-order chi connectivity index (χ1) is 19.9. The first-order valence-corrected chi connectivity index (χ1v) is 14.4. The van der Waals surface area contributed by atoms with Gasteiger partial charge in [0.15, 0.2) is 11.5 Å². The zero-order valence-electron chi connectivity index (χ0n) is 23.0. The van der Waals surface area contributed by atoms with Crippen molar-refractivity contribution in [2.45, 2.75) is 25.1 Å². The minimum Gasteiger partial charge on any atom is -0.497 e. The van der Waals surface area contributed by atoms with Gasteiger partial charge in [-0.1, -0.05) is 36.4 Å². The molecular formula is C31H30N4O5S. The Hall–Kier alpha value is -4.44. The smallest absolute Gasteiger partial charge is 0.240 e. The molecule has 41 heavy (non-hydrogen) atoms. The van der Waals surface area contributed by atoms with Gasteiger partial charge in [-0.25, -0.2) is 4.68 Å². The van der Waals surface area contributed by atoms with E-state index in [4.69, 9.17) is 19.3 Å². The standard InChI is InChI=1S/C31H30N4O5S/c1-19(2)32-26(36)16-34-27(37)17-41-30(21-9-14-24-25(15-21)40-18-39-24)28-29(20-7-5-4-6-8-20)33-35(31(28)34)22-10-12-23(38-3)13-11-22/h4-15,19,30H,16-18H2,1-3H3,(H,32,36)/t30-/m1/s1. The summed E-state index contributed by atoms with van der Waals surface area (Å²) in [4.78, 5) is 28.5. The topological polar surface area (TPSA) is 94.9 Å². The van der Waals surface area contributed by atoms with Crippen molar-refractivity contribution in [1.29, 1.82) is 0 Å². The van der Waals surface area contributed by atoms with Gasteiger partial charge in [-0.15, -0.1) is 11.8 Å². The van der Waals surface area contributed by atoms with Crippen LogP contribution in [0.25, 0.3) is 16.9 Å². The lowest BCUT2D eigenvalue weighted by molar-refractivity contribution is -0.123. The highest BCUT2D eigenvalue weighted by Gasteiger charge is 2.38. The fraction of sp³-hybridized carbons (Fsp3) is 0.258. The van der Waals surface area contributed by atoms with Crippen LogP contribution >= 0.6 is 11.8 Å². The lowest BCUT2D eigenvalue weighted by Crippen LogP contribution is -2.44. The fourth-order valence-electron chi connectivity index (χ4n) is 5.08. The zero-order valence-corrected chi connectivity index (χ0v) is 23.8. The van der Waals surface area contributed by atoms with Crippen LogP contribution in [0.2, 0.25) is 0 Å². The summed E-state index contributed by atoms with van der Waals surface area (Å²) in [7, 11) is 1.61. The second kappa shape index (κ2) is 11.2. The minimum atomic E-state index is -0.274. The molecule has 0 aliphatic carbocycles. The summed E-state index contributed by atoms with van der Waals surface area (Å²) in [6.07, 6.45) is 0. The van der Waals surface area contributed by atoms with E-state index < -0.39 is 0 Å². The van der Waals surface area contributed by atoms with E-state index in [0.717, 1.165) is 28.1 Å². The van der Waals surface area contributed by atoms with Crippen molar-refractivity contribution >= 4 is 29.4 Å². The molecule has 0 bridgehead atoms. The van der Waals surface area contributed by atoms with Gasteiger partial charge in [0.05, 0.1) is 29.5 Å². The van der Waals surface area contributed by atoms with E-state index in [1.54, 1.807) is 16.7 Å². The van der Waals surface area contributed by atoms with Crippen LogP contribution in [0.5, 0.6) is 17.2 Å². The van der Waals surface area contributed by atoms with E-state index in [1.165, 1.54) is 11.8 Å². The average Bonchev–Trinajstić information content (AvgIpc) is 3.58. The number of thioether (sulfide) groups is 1. The third-order valence-electron chi connectivity index (χ3n) is 6.90. The van der Waals surface area contributed by atoms with Crippen LogP contribution < -0.4 is 24.4 Å². The molecule has 1 atom stereocenters. The van der Waals surface area contributed by atoms with Crippen LogP contribution in [-0.4, -0.2) is 53.8 Å². The van der Waals surface area contributed by atoms with E-state index >= 15 is 0 Å². The molecule has 2 aliphatic heterocycles. The molecule has 0 spiro atoms. The third-order valence-corrected chi connectivity index (χ3v) is 8.16. The number of anilines is 1. The molecule has 9 nitrogen and oxygen atoms in total. The van der Waals surface area contributed by atoms with E-state index in [9.17, 15) is 9.59 Å².